The summed E-state index contributed by atoms with van der Waals surface area (Å²) in [6.07, 6.45) is 1.12. The van der Waals surface area contributed by atoms with Gasteiger partial charge in [0.2, 0.25) is 0 Å². The molecule has 5 nitrogen and oxygen atoms in total. The van der Waals surface area contributed by atoms with E-state index in [2.05, 4.69) is 4.98 Å². The molecule has 3 rings (SSSR count). The maximum Gasteiger partial charge on any atom is 0.447 e. The smallest absolute Gasteiger partial charge is 0.447 e. The van der Waals surface area contributed by atoms with Crippen molar-refractivity contribution < 1.29 is 27.9 Å². The maximum absolute atomic E-state index is 12.2. The molecule has 2 heterocycles. The monoisotopic (exact) mass is 332 g/mol. The van der Waals surface area contributed by atoms with Crippen LogP contribution in [-0.2, 0) is 4.79 Å². The molecule has 9 heteroatoms. The van der Waals surface area contributed by atoms with Crippen LogP contribution in [0.25, 0.3) is 0 Å². The largest absolute Gasteiger partial charge is 0.481 e. The van der Waals surface area contributed by atoms with Crippen LogP contribution in [0.1, 0.15) is 10.4 Å². The second-order valence-corrected chi connectivity index (χ2v) is 6.42. The third-order valence-electron chi connectivity index (χ3n) is 3.97. The van der Waals surface area contributed by atoms with Gasteiger partial charge in [-0.05, 0) is 24.0 Å². The van der Waals surface area contributed by atoms with E-state index in [9.17, 15) is 22.8 Å². The van der Waals surface area contributed by atoms with Crippen molar-refractivity contribution in [3.05, 3.63) is 23.9 Å². The van der Waals surface area contributed by atoms with Gasteiger partial charge < -0.3 is 10.0 Å². The molecule has 3 atom stereocenters. The lowest BCUT2D eigenvalue weighted by atomic mass is 10.2. The van der Waals surface area contributed by atoms with Gasteiger partial charge in [-0.1, -0.05) is 0 Å². The SMILES string of the molecule is O=C(O)C1[C@H]2CN(C(=O)c3ccc(SC(F)(F)F)nc3)C[C@@H]12. The van der Waals surface area contributed by atoms with E-state index in [-0.39, 0.29) is 46.0 Å². The van der Waals surface area contributed by atoms with Crippen molar-refractivity contribution in [3.63, 3.8) is 0 Å². The van der Waals surface area contributed by atoms with Crippen LogP contribution in [0.5, 0.6) is 0 Å². The highest BCUT2D eigenvalue weighted by atomic mass is 32.2. The lowest BCUT2D eigenvalue weighted by Gasteiger charge is -2.19. The number of aromatic nitrogens is 1. The van der Waals surface area contributed by atoms with Crippen molar-refractivity contribution in [2.45, 2.75) is 10.5 Å². The Kier molecular flexibility index (Phi) is 3.54. The second-order valence-electron chi connectivity index (χ2n) is 5.33. The Morgan fingerprint density at radius 1 is 1.27 bits per heavy atom. The predicted molar refractivity (Wildman–Crippen MR) is 70.2 cm³/mol. The zero-order chi connectivity index (χ0) is 16.1. The molecule has 0 radical (unpaired) electrons. The summed E-state index contributed by atoms with van der Waals surface area (Å²) in [5.41, 5.74) is -4.21. The van der Waals surface area contributed by atoms with E-state index in [1.54, 1.807) is 0 Å². The van der Waals surface area contributed by atoms with Gasteiger partial charge in [0.25, 0.3) is 5.91 Å². The van der Waals surface area contributed by atoms with E-state index in [4.69, 9.17) is 5.11 Å². The molecule has 2 fully saturated rings. The van der Waals surface area contributed by atoms with Gasteiger partial charge in [0.1, 0.15) is 5.03 Å². The Bertz CT molecular complexity index is 608. The van der Waals surface area contributed by atoms with Crippen molar-refractivity contribution in [2.75, 3.05) is 13.1 Å². The molecule has 1 aliphatic carbocycles. The normalized spacial score (nSPS) is 26.7. The molecule has 0 aromatic carbocycles. The van der Waals surface area contributed by atoms with Crippen LogP contribution in [0.4, 0.5) is 13.2 Å². The minimum Gasteiger partial charge on any atom is -0.481 e. The summed E-state index contributed by atoms with van der Waals surface area (Å²) in [6, 6.07) is 2.46. The highest BCUT2D eigenvalue weighted by Crippen LogP contribution is 2.51. The number of likely N-dealkylation sites (tertiary alicyclic amines) is 1. The summed E-state index contributed by atoms with van der Waals surface area (Å²) in [6.45, 7) is 0.749. The fourth-order valence-corrected chi connectivity index (χ4v) is 3.41. The molecule has 1 aromatic rings. The first-order valence-electron chi connectivity index (χ1n) is 6.50. The number of hydrogen-bond donors (Lipinski definition) is 1. The number of carbonyl (C=O) groups excluding carboxylic acids is 1. The zero-order valence-corrected chi connectivity index (χ0v) is 11.9. The van der Waals surface area contributed by atoms with Gasteiger partial charge in [0, 0.05) is 31.0 Å². The number of piperidine rings is 1. The lowest BCUT2D eigenvalue weighted by molar-refractivity contribution is -0.139. The van der Waals surface area contributed by atoms with Crippen molar-refractivity contribution >= 4 is 23.6 Å². The van der Waals surface area contributed by atoms with Crippen LogP contribution in [0.2, 0.25) is 0 Å². The third-order valence-corrected chi connectivity index (χ3v) is 4.65. The molecule has 1 amide bonds. The van der Waals surface area contributed by atoms with Crippen LogP contribution in [0.3, 0.4) is 0 Å². The molecule has 1 saturated carbocycles. The number of aliphatic carboxylic acids is 1. The first-order chi connectivity index (χ1) is 10.3. The number of carboxylic acids is 1. The number of nitrogens with zero attached hydrogens (tertiary/aromatic N) is 2. The molecule has 1 saturated heterocycles. The average molecular weight is 332 g/mol. The number of amides is 1. The van der Waals surface area contributed by atoms with Crippen molar-refractivity contribution in [1.29, 1.82) is 0 Å². The second kappa shape index (κ2) is 5.15. The number of rotatable bonds is 3. The maximum atomic E-state index is 12.2. The number of pyridine rings is 1. The number of alkyl halides is 3. The molecular formula is C13H11F3N2O3S. The van der Waals surface area contributed by atoms with E-state index >= 15 is 0 Å². The fraction of sp³-hybridized carbons (Fsp3) is 0.462. The fourth-order valence-electron chi connectivity index (χ4n) is 2.93. The molecule has 0 bridgehead atoms. The number of carboxylic acid groups (broad SMARTS) is 1. The van der Waals surface area contributed by atoms with Gasteiger partial charge in [0.05, 0.1) is 11.5 Å². The van der Waals surface area contributed by atoms with Gasteiger partial charge >= 0.3 is 11.5 Å². The van der Waals surface area contributed by atoms with E-state index in [0.29, 0.717) is 13.1 Å². The topological polar surface area (TPSA) is 70.5 Å². The van der Waals surface area contributed by atoms with Crippen LogP contribution < -0.4 is 0 Å². The van der Waals surface area contributed by atoms with E-state index in [1.165, 1.54) is 11.0 Å². The van der Waals surface area contributed by atoms with Gasteiger partial charge in [-0.25, -0.2) is 4.98 Å². The number of carbonyl (C=O) groups is 2. The molecular weight excluding hydrogens is 321 g/mol. The summed E-state index contributed by atoms with van der Waals surface area (Å²) in [4.78, 5) is 28.2. The van der Waals surface area contributed by atoms with Crippen molar-refractivity contribution in [2.24, 2.45) is 17.8 Å². The minimum atomic E-state index is -4.42. The Morgan fingerprint density at radius 2 is 1.91 bits per heavy atom. The van der Waals surface area contributed by atoms with E-state index in [0.717, 1.165) is 12.3 Å². The zero-order valence-electron chi connectivity index (χ0n) is 11.1. The minimum absolute atomic E-state index is 0.00512. The quantitative estimate of drug-likeness (QED) is 0.859. The summed E-state index contributed by atoms with van der Waals surface area (Å²) in [5.74, 6) is -1.54. The highest BCUT2D eigenvalue weighted by Gasteiger charge is 2.60. The van der Waals surface area contributed by atoms with Gasteiger partial charge in [0.15, 0.2) is 0 Å². The van der Waals surface area contributed by atoms with Crippen LogP contribution in [0.15, 0.2) is 23.4 Å². The standard InChI is InChI=1S/C13H11F3N2O3S/c14-13(15,16)22-9-2-1-6(3-17-9)11(19)18-4-7-8(5-18)10(7)12(20)21/h1-3,7-8,10H,4-5H2,(H,20,21)/t7-,8+,10?. The number of halogens is 3. The van der Waals surface area contributed by atoms with Gasteiger partial charge in [-0.3, -0.25) is 9.59 Å². The van der Waals surface area contributed by atoms with Crippen LogP contribution >= 0.6 is 11.8 Å². The van der Waals surface area contributed by atoms with Crippen molar-refractivity contribution in [3.8, 4) is 0 Å². The van der Waals surface area contributed by atoms with E-state index in [1.807, 2.05) is 0 Å². The van der Waals surface area contributed by atoms with E-state index < -0.39 is 11.5 Å². The number of fused-ring (bicyclic) bond motifs is 1. The predicted octanol–water partition coefficient (Wildman–Crippen LogP) is 2.10. The number of hydrogen-bond acceptors (Lipinski definition) is 4. The highest BCUT2D eigenvalue weighted by molar-refractivity contribution is 8.00. The molecule has 1 unspecified atom stereocenters. The Labute approximate surface area is 127 Å². The summed E-state index contributed by atoms with van der Waals surface area (Å²) in [5, 5.41) is 8.69. The Morgan fingerprint density at radius 3 is 2.36 bits per heavy atom. The lowest BCUT2D eigenvalue weighted by Crippen LogP contribution is -2.32. The van der Waals surface area contributed by atoms with Crippen LogP contribution in [-0.4, -0.2) is 45.5 Å². The Balaban J connectivity index is 1.61. The number of thioether (sulfide) groups is 1. The molecule has 0 spiro atoms. The molecule has 22 heavy (non-hydrogen) atoms. The third kappa shape index (κ3) is 2.90. The molecule has 2 aliphatic rings. The summed E-state index contributed by atoms with van der Waals surface area (Å²) >= 11 is -0.337. The first-order valence-corrected chi connectivity index (χ1v) is 7.32. The van der Waals surface area contributed by atoms with Crippen LogP contribution in [0, 0.1) is 17.8 Å². The molecule has 1 aliphatic heterocycles. The Hall–Kier alpha value is -1.77. The summed E-state index contributed by atoms with van der Waals surface area (Å²) < 4.78 is 36.6. The molecule has 1 aromatic heterocycles. The van der Waals surface area contributed by atoms with Crippen molar-refractivity contribution in [1.82, 2.24) is 9.88 Å². The molecule has 118 valence electrons. The average Bonchev–Trinajstić information content (AvgIpc) is 2.93. The van der Waals surface area contributed by atoms with Gasteiger partial charge in [-0.2, -0.15) is 13.2 Å². The first kappa shape index (κ1) is 15.1. The van der Waals surface area contributed by atoms with Gasteiger partial charge in [-0.15, -0.1) is 0 Å². The molecule has 1 N–H and O–H groups in total. The summed E-state index contributed by atoms with van der Waals surface area (Å²) in [7, 11) is 0.